The molecule has 0 spiro atoms. The van der Waals surface area contributed by atoms with E-state index in [0.717, 1.165) is 12.0 Å². The Morgan fingerprint density at radius 2 is 1.70 bits per heavy atom. The minimum Gasteiger partial charge on any atom is -0.490 e. The molecular formula is C24H32Cl2FNO2. The van der Waals surface area contributed by atoms with E-state index in [1.807, 2.05) is 19.1 Å². The van der Waals surface area contributed by atoms with Gasteiger partial charge < -0.3 is 14.8 Å². The van der Waals surface area contributed by atoms with Gasteiger partial charge in [0.05, 0.1) is 16.7 Å². The summed E-state index contributed by atoms with van der Waals surface area (Å²) in [4.78, 5) is 0. The quantitative estimate of drug-likeness (QED) is 0.426. The van der Waals surface area contributed by atoms with Crippen LogP contribution in [-0.2, 0) is 13.2 Å². The van der Waals surface area contributed by atoms with Gasteiger partial charge in [0.25, 0.3) is 0 Å². The fourth-order valence-electron chi connectivity index (χ4n) is 3.67. The van der Waals surface area contributed by atoms with Gasteiger partial charge in [0.15, 0.2) is 11.5 Å². The van der Waals surface area contributed by atoms with Crippen molar-refractivity contribution in [1.82, 2.24) is 5.32 Å². The van der Waals surface area contributed by atoms with Gasteiger partial charge in [-0.25, -0.2) is 4.39 Å². The molecule has 1 N–H and O–H groups in total. The van der Waals surface area contributed by atoms with Crippen LogP contribution in [0.2, 0.25) is 10.0 Å². The van der Waals surface area contributed by atoms with Crippen molar-refractivity contribution in [3.8, 4) is 11.5 Å². The summed E-state index contributed by atoms with van der Waals surface area (Å²) in [5.41, 5.74) is 1.46. The Balaban J connectivity index is 2.19. The van der Waals surface area contributed by atoms with Gasteiger partial charge in [0.1, 0.15) is 12.4 Å². The molecule has 166 valence electrons. The fourth-order valence-corrected chi connectivity index (χ4v) is 4.18. The molecule has 2 aromatic rings. The molecule has 0 aliphatic carbocycles. The lowest BCUT2D eigenvalue weighted by Gasteiger charge is -2.33. The number of halogens is 3. The molecule has 30 heavy (non-hydrogen) atoms. The third kappa shape index (κ3) is 7.33. The zero-order valence-corrected chi connectivity index (χ0v) is 20.2. The maximum absolute atomic E-state index is 14.1. The van der Waals surface area contributed by atoms with E-state index in [-0.39, 0.29) is 23.1 Å². The van der Waals surface area contributed by atoms with Gasteiger partial charge in [0, 0.05) is 17.6 Å². The third-order valence-electron chi connectivity index (χ3n) is 4.54. The van der Waals surface area contributed by atoms with Gasteiger partial charge in [-0.15, -0.1) is 0 Å². The molecular weight excluding hydrogens is 424 g/mol. The van der Waals surface area contributed by atoms with Crippen molar-refractivity contribution in [1.29, 1.82) is 0 Å². The highest BCUT2D eigenvalue weighted by Gasteiger charge is 2.25. The number of benzene rings is 2. The zero-order valence-electron chi connectivity index (χ0n) is 18.7. The average Bonchev–Trinajstić information content (AvgIpc) is 2.59. The Hall–Kier alpha value is -1.49. The van der Waals surface area contributed by atoms with E-state index < -0.39 is 5.82 Å². The molecule has 0 bridgehead atoms. The minimum atomic E-state index is -0.418. The summed E-state index contributed by atoms with van der Waals surface area (Å²) in [6.07, 6.45) is 1.02. The molecule has 0 radical (unpaired) electrons. The molecule has 0 saturated carbocycles. The van der Waals surface area contributed by atoms with Crippen LogP contribution in [0.15, 0.2) is 30.3 Å². The molecule has 0 unspecified atom stereocenters. The van der Waals surface area contributed by atoms with E-state index in [0.29, 0.717) is 34.7 Å². The molecule has 2 aromatic carbocycles. The first-order valence-corrected chi connectivity index (χ1v) is 10.9. The summed E-state index contributed by atoms with van der Waals surface area (Å²) < 4.78 is 25.6. The molecule has 0 aliphatic rings. The lowest BCUT2D eigenvalue weighted by molar-refractivity contribution is 0.240. The van der Waals surface area contributed by atoms with E-state index in [1.54, 1.807) is 12.1 Å². The standard InChI is InChI=1S/C24H32Cl2FNO2/c1-7-29-21-12-16(13-28-24(5,6)15-23(2,3)4)11-19(26)22(21)30-14-17-18(25)9-8-10-20(17)27/h8-12,28H,7,13-15H2,1-6H3. The Bertz CT molecular complexity index is 843. The molecule has 3 nitrogen and oxygen atoms in total. The van der Waals surface area contributed by atoms with Crippen molar-refractivity contribution in [2.75, 3.05) is 6.61 Å². The van der Waals surface area contributed by atoms with Crippen LogP contribution in [0.4, 0.5) is 4.39 Å². The summed E-state index contributed by atoms with van der Waals surface area (Å²) in [6.45, 7) is 14.0. The van der Waals surface area contributed by atoms with E-state index in [4.69, 9.17) is 32.7 Å². The predicted octanol–water partition coefficient (Wildman–Crippen LogP) is 7.41. The van der Waals surface area contributed by atoms with Gasteiger partial charge in [-0.05, 0) is 62.4 Å². The number of ether oxygens (including phenoxy) is 2. The van der Waals surface area contributed by atoms with E-state index in [1.165, 1.54) is 6.07 Å². The Kier molecular flexibility index (Phi) is 8.43. The van der Waals surface area contributed by atoms with Crippen LogP contribution >= 0.6 is 23.2 Å². The average molecular weight is 456 g/mol. The Morgan fingerprint density at radius 3 is 2.30 bits per heavy atom. The van der Waals surface area contributed by atoms with Gasteiger partial charge >= 0.3 is 0 Å². The number of nitrogens with one attached hydrogen (secondary N) is 1. The summed E-state index contributed by atoms with van der Waals surface area (Å²) in [5, 5.41) is 4.33. The highest BCUT2D eigenvalue weighted by Crippen LogP contribution is 2.38. The highest BCUT2D eigenvalue weighted by atomic mass is 35.5. The normalized spacial score (nSPS) is 12.2. The molecule has 0 heterocycles. The monoisotopic (exact) mass is 455 g/mol. The SMILES string of the molecule is CCOc1cc(CNC(C)(C)CC(C)(C)C)cc(Cl)c1OCc1c(F)cccc1Cl. The third-order valence-corrected chi connectivity index (χ3v) is 5.17. The first kappa shape index (κ1) is 24.8. The van der Waals surface area contributed by atoms with Gasteiger partial charge in [0.2, 0.25) is 0 Å². The van der Waals surface area contributed by atoms with Crippen molar-refractivity contribution in [3.05, 3.63) is 57.3 Å². The predicted molar refractivity (Wildman–Crippen MR) is 123 cm³/mol. The summed E-state index contributed by atoms with van der Waals surface area (Å²) >= 11 is 12.6. The Morgan fingerprint density at radius 1 is 1.00 bits per heavy atom. The highest BCUT2D eigenvalue weighted by molar-refractivity contribution is 6.32. The van der Waals surface area contributed by atoms with Crippen molar-refractivity contribution >= 4 is 23.2 Å². The van der Waals surface area contributed by atoms with Crippen LogP contribution in [0.1, 0.15) is 59.1 Å². The van der Waals surface area contributed by atoms with Crippen LogP contribution in [0, 0.1) is 11.2 Å². The van der Waals surface area contributed by atoms with Crippen LogP contribution < -0.4 is 14.8 Å². The first-order valence-electron chi connectivity index (χ1n) is 10.2. The molecule has 0 aliphatic heterocycles. The second-order valence-electron chi connectivity index (χ2n) is 9.30. The molecule has 0 atom stereocenters. The van der Waals surface area contributed by atoms with Gasteiger partial charge in [-0.2, -0.15) is 0 Å². The van der Waals surface area contributed by atoms with Crippen molar-refractivity contribution < 1.29 is 13.9 Å². The second-order valence-corrected chi connectivity index (χ2v) is 10.1. The second kappa shape index (κ2) is 10.2. The molecule has 0 amide bonds. The maximum atomic E-state index is 14.1. The maximum Gasteiger partial charge on any atom is 0.180 e. The van der Waals surface area contributed by atoms with Crippen LogP contribution in [-0.4, -0.2) is 12.1 Å². The van der Waals surface area contributed by atoms with Gasteiger partial charge in [-0.3, -0.25) is 0 Å². The van der Waals surface area contributed by atoms with Gasteiger partial charge in [-0.1, -0.05) is 50.0 Å². The van der Waals surface area contributed by atoms with E-state index >= 15 is 0 Å². The first-order chi connectivity index (χ1) is 13.9. The summed E-state index contributed by atoms with van der Waals surface area (Å²) in [7, 11) is 0. The Labute approximate surface area is 189 Å². The van der Waals surface area contributed by atoms with Crippen molar-refractivity contribution in [3.63, 3.8) is 0 Å². The smallest absolute Gasteiger partial charge is 0.180 e. The molecule has 2 rings (SSSR count). The minimum absolute atomic E-state index is 0.0345. The van der Waals surface area contributed by atoms with Crippen molar-refractivity contribution in [2.45, 2.75) is 66.7 Å². The fraction of sp³-hybridized carbons (Fsp3) is 0.500. The molecule has 0 fully saturated rings. The van der Waals surface area contributed by atoms with Crippen LogP contribution in [0.3, 0.4) is 0 Å². The van der Waals surface area contributed by atoms with Crippen LogP contribution in [0.5, 0.6) is 11.5 Å². The van der Waals surface area contributed by atoms with E-state index in [9.17, 15) is 4.39 Å². The molecule has 0 saturated heterocycles. The van der Waals surface area contributed by atoms with E-state index in [2.05, 4.69) is 39.9 Å². The van der Waals surface area contributed by atoms with Crippen molar-refractivity contribution in [2.24, 2.45) is 5.41 Å². The molecule has 0 aromatic heterocycles. The summed E-state index contributed by atoms with van der Waals surface area (Å²) in [5.74, 6) is 0.497. The zero-order chi connectivity index (χ0) is 22.5. The topological polar surface area (TPSA) is 30.5 Å². The lowest BCUT2D eigenvalue weighted by atomic mass is 9.82. The molecule has 6 heteroatoms. The lowest BCUT2D eigenvalue weighted by Crippen LogP contribution is -2.41. The number of rotatable bonds is 9. The number of hydrogen-bond donors (Lipinski definition) is 1. The largest absolute Gasteiger partial charge is 0.490 e. The van der Waals surface area contributed by atoms with Crippen LogP contribution in [0.25, 0.3) is 0 Å². The summed E-state index contributed by atoms with van der Waals surface area (Å²) in [6, 6.07) is 8.30. The number of hydrogen-bond acceptors (Lipinski definition) is 3.